The number of aliphatic hydroxyl groups excluding tert-OH is 1. The topological polar surface area (TPSA) is 123 Å². The summed E-state index contributed by atoms with van der Waals surface area (Å²) in [5, 5.41) is 7.60. The average molecular weight is 145 g/mol. The van der Waals surface area contributed by atoms with Gasteiger partial charge in [0, 0.05) is 0 Å². The molecule has 0 aromatic carbocycles. The van der Waals surface area contributed by atoms with Crippen molar-refractivity contribution >= 4 is 10.4 Å². The molecule has 0 heterocycles. The molecule has 0 aliphatic heterocycles. The molecule has 0 aliphatic rings. The fourth-order valence-corrected chi connectivity index (χ4v) is 0.194. The number of hydrogen-bond donors (Lipinski definition) is 2. The maximum absolute atomic E-state index is 9.29. The molecule has 0 aromatic heterocycles. The smallest absolute Gasteiger partial charge is 0.219 e. The Hall–Kier alpha value is -0.210. The molecule has 8 heavy (non-hydrogen) atoms. The first-order valence-electron chi connectivity index (χ1n) is 1.27. The molecular weight excluding hydrogens is 138 g/mol. The summed E-state index contributed by atoms with van der Waals surface area (Å²) < 4.78 is 31.1. The highest BCUT2D eigenvalue weighted by Crippen LogP contribution is 1.79. The Balaban J connectivity index is 0. The van der Waals surface area contributed by atoms with Gasteiger partial charge < -0.3 is 15.8 Å². The van der Waals surface area contributed by atoms with Gasteiger partial charge in [0.05, 0.1) is 0 Å². The van der Waals surface area contributed by atoms with Gasteiger partial charge in [-0.25, -0.2) is 8.42 Å². The molecule has 0 radical (unpaired) electrons. The lowest BCUT2D eigenvalue weighted by molar-refractivity contribution is 0.0904. The molecule has 0 amide bonds. The van der Waals surface area contributed by atoms with Gasteiger partial charge in [-0.3, -0.25) is 4.18 Å². The summed E-state index contributed by atoms with van der Waals surface area (Å²) in [5.41, 5.74) is 0. The van der Waals surface area contributed by atoms with Gasteiger partial charge in [0.25, 0.3) is 0 Å². The normalized spacial score (nSPS) is 10.2. The Bertz CT molecular complexity index is 125. The largest absolute Gasteiger partial charge is 0.725 e. The van der Waals surface area contributed by atoms with Gasteiger partial charge in [-0.05, 0) is 0 Å². The molecule has 0 aliphatic carbocycles. The van der Waals surface area contributed by atoms with Crippen LogP contribution in [0.5, 0.6) is 0 Å². The molecule has 52 valence electrons. The second-order valence-corrected chi connectivity index (χ2v) is 1.71. The van der Waals surface area contributed by atoms with Gasteiger partial charge in [-0.15, -0.1) is 0 Å². The van der Waals surface area contributed by atoms with Gasteiger partial charge in [-0.1, -0.05) is 0 Å². The van der Waals surface area contributed by atoms with Gasteiger partial charge in [0.1, 0.15) is 0 Å². The van der Waals surface area contributed by atoms with Crippen LogP contribution in [0.3, 0.4) is 0 Å². The van der Waals surface area contributed by atoms with E-state index in [0.29, 0.717) is 0 Å². The summed E-state index contributed by atoms with van der Waals surface area (Å²) in [7, 11) is -4.67. The van der Waals surface area contributed by atoms with E-state index in [-0.39, 0.29) is 6.15 Å². The molecule has 0 saturated heterocycles. The van der Waals surface area contributed by atoms with Crippen molar-refractivity contribution < 1.29 is 22.3 Å². The minimum atomic E-state index is -4.67. The van der Waals surface area contributed by atoms with Gasteiger partial charge in [-0.2, -0.15) is 0 Å². The van der Waals surface area contributed by atoms with E-state index in [2.05, 4.69) is 4.18 Å². The molecular formula is CH7NO5S. The van der Waals surface area contributed by atoms with E-state index in [1.807, 2.05) is 0 Å². The summed E-state index contributed by atoms with van der Waals surface area (Å²) >= 11 is 0. The Kier molecular flexibility index (Phi) is 5.02. The maximum Gasteiger partial charge on any atom is 0.219 e. The predicted octanol–water partition coefficient (Wildman–Crippen LogP) is -1.21. The third-order valence-corrected chi connectivity index (χ3v) is 0.591. The molecule has 0 atom stereocenters. The van der Waals surface area contributed by atoms with Crippen LogP contribution >= 0.6 is 0 Å². The number of aliphatic hydroxyl groups is 1. The van der Waals surface area contributed by atoms with Crippen molar-refractivity contribution in [3.63, 3.8) is 0 Å². The van der Waals surface area contributed by atoms with Crippen molar-refractivity contribution in [1.29, 1.82) is 0 Å². The average Bonchev–Trinajstić information content (AvgIpc) is 1.30. The van der Waals surface area contributed by atoms with E-state index in [1.165, 1.54) is 0 Å². The maximum atomic E-state index is 9.29. The molecule has 5 N–H and O–H groups in total. The van der Waals surface area contributed by atoms with E-state index in [4.69, 9.17) is 5.11 Å². The molecule has 0 bridgehead atoms. The van der Waals surface area contributed by atoms with Gasteiger partial charge >= 0.3 is 0 Å². The van der Waals surface area contributed by atoms with Crippen LogP contribution < -0.4 is 6.15 Å². The van der Waals surface area contributed by atoms with Crippen LogP contribution in [0.15, 0.2) is 0 Å². The molecule has 0 fully saturated rings. The lowest BCUT2D eigenvalue weighted by Crippen LogP contribution is -2.03. The minimum absolute atomic E-state index is 0. The standard InChI is InChI=1S/CH4O5S.H3N/c2-1-6-7(3,4)5;/h2H,1H2,(H,3,4,5);1H3. The fourth-order valence-electron chi connectivity index (χ4n) is 0.0645. The quantitative estimate of drug-likeness (QED) is 0.286. The predicted molar refractivity (Wildman–Crippen MR) is 23.9 cm³/mol. The highest BCUT2D eigenvalue weighted by molar-refractivity contribution is 7.80. The van der Waals surface area contributed by atoms with Crippen molar-refractivity contribution in [2.45, 2.75) is 0 Å². The summed E-state index contributed by atoms with van der Waals surface area (Å²) in [6, 6.07) is 0. The first-order valence-corrected chi connectivity index (χ1v) is 2.60. The molecule has 0 aromatic rings. The lowest BCUT2D eigenvalue weighted by Gasteiger charge is -2.01. The van der Waals surface area contributed by atoms with E-state index in [9.17, 15) is 13.0 Å². The van der Waals surface area contributed by atoms with Crippen molar-refractivity contribution in [2.24, 2.45) is 0 Å². The second kappa shape index (κ2) is 3.75. The molecule has 0 unspecified atom stereocenters. The third-order valence-electron chi connectivity index (χ3n) is 0.197. The van der Waals surface area contributed by atoms with E-state index in [0.717, 1.165) is 0 Å². The van der Waals surface area contributed by atoms with Crippen LogP contribution in [-0.4, -0.2) is 24.9 Å². The Morgan fingerprint density at radius 2 is 2.00 bits per heavy atom. The van der Waals surface area contributed by atoms with E-state index >= 15 is 0 Å². The molecule has 0 saturated carbocycles. The second-order valence-electron chi connectivity index (χ2n) is 0.655. The van der Waals surface area contributed by atoms with Crippen LogP contribution in [-0.2, 0) is 14.6 Å². The van der Waals surface area contributed by atoms with Crippen molar-refractivity contribution in [3.8, 4) is 0 Å². The van der Waals surface area contributed by atoms with Crippen molar-refractivity contribution in [1.82, 2.24) is 6.15 Å². The number of hydrogen-bond acceptors (Lipinski definition) is 5. The Morgan fingerprint density at radius 3 is 2.00 bits per heavy atom. The zero-order valence-electron chi connectivity index (χ0n) is 4.20. The monoisotopic (exact) mass is 145 g/mol. The first kappa shape index (κ1) is 10.7. The summed E-state index contributed by atoms with van der Waals surface area (Å²) in [6.07, 6.45) is 0. The van der Waals surface area contributed by atoms with Crippen molar-refractivity contribution in [3.05, 3.63) is 0 Å². The Morgan fingerprint density at radius 1 is 1.62 bits per heavy atom. The van der Waals surface area contributed by atoms with Gasteiger partial charge in [0.15, 0.2) is 6.79 Å². The molecule has 0 rings (SSSR count). The summed E-state index contributed by atoms with van der Waals surface area (Å²) in [6.45, 7) is -1.09. The zero-order valence-corrected chi connectivity index (χ0v) is 5.01. The molecule has 0 spiro atoms. The van der Waals surface area contributed by atoms with Crippen LogP contribution in [0.25, 0.3) is 0 Å². The highest BCUT2D eigenvalue weighted by Gasteiger charge is 1.86. The zero-order chi connectivity index (χ0) is 5.91. The van der Waals surface area contributed by atoms with Crippen LogP contribution in [0.4, 0.5) is 0 Å². The van der Waals surface area contributed by atoms with E-state index in [1.54, 1.807) is 0 Å². The summed E-state index contributed by atoms with van der Waals surface area (Å²) in [5.74, 6) is 0. The van der Waals surface area contributed by atoms with Crippen LogP contribution in [0, 0.1) is 0 Å². The van der Waals surface area contributed by atoms with Gasteiger partial charge in [0.2, 0.25) is 10.4 Å². The third kappa shape index (κ3) is 9.25. The minimum Gasteiger partial charge on any atom is -0.725 e. The van der Waals surface area contributed by atoms with E-state index < -0.39 is 17.2 Å². The number of quaternary nitrogens is 1. The fraction of sp³-hybridized carbons (Fsp3) is 1.00. The highest BCUT2D eigenvalue weighted by atomic mass is 32.3. The molecule has 7 heteroatoms. The van der Waals surface area contributed by atoms with Crippen LogP contribution in [0.1, 0.15) is 0 Å². The lowest BCUT2D eigenvalue weighted by atomic mass is 11.6. The SMILES string of the molecule is O=S(=O)([O-])OCO.[NH4+]. The molecule has 6 nitrogen and oxygen atoms in total. The Labute approximate surface area is 46.6 Å². The number of rotatable bonds is 2. The summed E-state index contributed by atoms with van der Waals surface area (Å²) in [4.78, 5) is 0. The first-order chi connectivity index (χ1) is 3.06. The van der Waals surface area contributed by atoms with Crippen LogP contribution in [0.2, 0.25) is 0 Å². The van der Waals surface area contributed by atoms with Crippen molar-refractivity contribution in [2.75, 3.05) is 6.79 Å².